The van der Waals surface area contributed by atoms with Crippen LogP contribution in [-0.4, -0.2) is 25.2 Å². The van der Waals surface area contributed by atoms with E-state index in [4.69, 9.17) is 18.6 Å². The molecule has 4 aromatic rings. The molecule has 0 bridgehead atoms. The third kappa shape index (κ3) is 5.32. The van der Waals surface area contributed by atoms with Crippen molar-refractivity contribution in [1.29, 1.82) is 0 Å². The lowest BCUT2D eigenvalue weighted by molar-refractivity contribution is -0.136. The van der Waals surface area contributed by atoms with Crippen molar-refractivity contribution in [3.63, 3.8) is 0 Å². The molecule has 0 aliphatic carbocycles. The Hall–Kier alpha value is -4.39. The summed E-state index contributed by atoms with van der Waals surface area (Å²) in [5.74, 6) is -0.656. The van der Waals surface area contributed by atoms with Crippen molar-refractivity contribution >= 4 is 22.9 Å². The Labute approximate surface area is 195 Å². The summed E-state index contributed by atoms with van der Waals surface area (Å²) in [6, 6.07) is 21.5. The normalized spacial score (nSPS) is 10.6. The van der Waals surface area contributed by atoms with E-state index in [-0.39, 0.29) is 30.1 Å². The summed E-state index contributed by atoms with van der Waals surface area (Å²) in [6.45, 7) is 3.53. The van der Waals surface area contributed by atoms with Gasteiger partial charge in [0.15, 0.2) is 6.61 Å². The Kier molecular flexibility index (Phi) is 6.73. The summed E-state index contributed by atoms with van der Waals surface area (Å²) in [5.41, 5.74) is 2.48. The third-order valence-electron chi connectivity index (χ3n) is 5.03. The Morgan fingerprint density at radius 3 is 2.18 bits per heavy atom. The first kappa shape index (κ1) is 22.8. The minimum absolute atomic E-state index is 0.143. The van der Waals surface area contributed by atoms with Gasteiger partial charge in [-0.1, -0.05) is 42.0 Å². The number of hydrogen-bond donors (Lipinski definition) is 0. The number of hydrogen-bond acceptors (Lipinski definition) is 7. The number of benzene rings is 3. The quantitative estimate of drug-likeness (QED) is 0.220. The van der Waals surface area contributed by atoms with Crippen molar-refractivity contribution in [2.75, 3.05) is 13.2 Å². The van der Waals surface area contributed by atoms with Gasteiger partial charge in [0.05, 0.1) is 6.61 Å². The number of esters is 2. The summed E-state index contributed by atoms with van der Waals surface area (Å²) >= 11 is 0. The van der Waals surface area contributed by atoms with Crippen LogP contribution in [0.3, 0.4) is 0 Å². The standard InChI is InChI=1S/C27H22O7/c1-3-31-26(29)23-14-20-10-13-22(15-24(20)34-27(23)30)33-25(28)16-32-21-11-8-19(9-12-21)18-6-4-17(2)5-7-18/h4-15H,3,16H2,1-2H3. The maximum absolute atomic E-state index is 12.2. The predicted molar refractivity (Wildman–Crippen MR) is 126 cm³/mol. The molecule has 7 nitrogen and oxygen atoms in total. The van der Waals surface area contributed by atoms with Crippen LogP contribution in [0, 0.1) is 6.92 Å². The lowest BCUT2D eigenvalue weighted by Crippen LogP contribution is -2.18. The van der Waals surface area contributed by atoms with Crippen LogP contribution < -0.4 is 15.1 Å². The fourth-order valence-corrected chi connectivity index (χ4v) is 3.30. The molecule has 0 amide bonds. The number of aryl methyl sites for hydroxylation is 1. The molecule has 0 spiro atoms. The van der Waals surface area contributed by atoms with Crippen LogP contribution in [0.4, 0.5) is 0 Å². The van der Waals surface area contributed by atoms with Gasteiger partial charge in [-0.25, -0.2) is 14.4 Å². The second-order valence-corrected chi connectivity index (χ2v) is 7.52. The Morgan fingerprint density at radius 2 is 1.50 bits per heavy atom. The minimum atomic E-state index is -0.827. The van der Waals surface area contributed by atoms with E-state index in [1.54, 1.807) is 25.1 Å². The predicted octanol–water partition coefficient (Wildman–Crippen LogP) is 4.93. The molecule has 4 rings (SSSR count). The molecule has 7 heteroatoms. The maximum atomic E-state index is 12.2. The van der Waals surface area contributed by atoms with Crippen LogP contribution in [0.25, 0.3) is 22.1 Å². The first-order chi connectivity index (χ1) is 16.4. The Morgan fingerprint density at radius 1 is 0.853 bits per heavy atom. The summed E-state index contributed by atoms with van der Waals surface area (Å²) in [5, 5.41) is 0.493. The van der Waals surface area contributed by atoms with Crippen molar-refractivity contribution in [2.24, 2.45) is 0 Å². The van der Waals surface area contributed by atoms with Crippen LogP contribution >= 0.6 is 0 Å². The largest absolute Gasteiger partial charge is 0.482 e. The zero-order valence-electron chi connectivity index (χ0n) is 18.7. The summed E-state index contributed by atoms with van der Waals surface area (Å²) < 4.78 is 20.8. The van der Waals surface area contributed by atoms with Gasteiger partial charge in [-0.15, -0.1) is 0 Å². The first-order valence-electron chi connectivity index (χ1n) is 10.7. The van der Waals surface area contributed by atoms with Crippen molar-refractivity contribution in [1.82, 2.24) is 0 Å². The highest BCUT2D eigenvalue weighted by Gasteiger charge is 2.15. The fourth-order valence-electron chi connectivity index (χ4n) is 3.30. The minimum Gasteiger partial charge on any atom is -0.482 e. The molecule has 0 saturated carbocycles. The van der Waals surface area contributed by atoms with Gasteiger partial charge < -0.3 is 18.6 Å². The highest BCUT2D eigenvalue weighted by atomic mass is 16.6. The van der Waals surface area contributed by atoms with Gasteiger partial charge in [0, 0.05) is 11.5 Å². The van der Waals surface area contributed by atoms with Gasteiger partial charge in [-0.05, 0) is 55.3 Å². The molecule has 1 heterocycles. The van der Waals surface area contributed by atoms with Crippen LogP contribution in [-0.2, 0) is 9.53 Å². The molecule has 1 aromatic heterocycles. The van der Waals surface area contributed by atoms with E-state index in [1.165, 1.54) is 23.8 Å². The molecule has 172 valence electrons. The van der Waals surface area contributed by atoms with E-state index in [9.17, 15) is 14.4 Å². The van der Waals surface area contributed by atoms with Crippen molar-refractivity contribution in [3.05, 3.63) is 94.3 Å². The molecule has 0 atom stereocenters. The Balaban J connectivity index is 1.38. The van der Waals surface area contributed by atoms with Gasteiger partial charge in [-0.2, -0.15) is 0 Å². The molecule has 0 aliphatic heterocycles. The molecule has 34 heavy (non-hydrogen) atoms. The number of carbonyl (C=O) groups excluding carboxylic acids is 2. The van der Waals surface area contributed by atoms with E-state index in [0.717, 1.165) is 11.1 Å². The SMILES string of the molecule is CCOC(=O)c1cc2ccc(OC(=O)COc3ccc(-c4ccc(C)cc4)cc3)cc2oc1=O. The summed E-state index contributed by atoms with van der Waals surface area (Å²) in [7, 11) is 0. The van der Waals surface area contributed by atoms with Crippen LogP contribution in [0.5, 0.6) is 11.5 Å². The number of carbonyl (C=O) groups is 2. The second-order valence-electron chi connectivity index (χ2n) is 7.52. The van der Waals surface area contributed by atoms with E-state index >= 15 is 0 Å². The van der Waals surface area contributed by atoms with Gasteiger partial charge in [0.2, 0.25) is 0 Å². The van der Waals surface area contributed by atoms with Gasteiger partial charge in [-0.3, -0.25) is 0 Å². The molecule has 0 fully saturated rings. The summed E-state index contributed by atoms with van der Waals surface area (Å²) in [4.78, 5) is 36.1. The Bertz CT molecular complexity index is 1380. The van der Waals surface area contributed by atoms with E-state index in [0.29, 0.717) is 11.1 Å². The van der Waals surface area contributed by atoms with Crippen LogP contribution in [0.15, 0.2) is 82.0 Å². The monoisotopic (exact) mass is 458 g/mol. The van der Waals surface area contributed by atoms with E-state index in [1.807, 2.05) is 43.3 Å². The number of rotatable bonds is 7. The smallest absolute Gasteiger partial charge is 0.351 e. The molecular weight excluding hydrogens is 436 g/mol. The molecule has 0 N–H and O–H groups in total. The average molecular weight is 458 g/mol. The molecular formula is C27H22O7. The van der Waals surface area contributed by atoms with Crippen molar-refractivity contribution < 1.29 is 28.2 Å². The number of fused-ring (bicyclic) bond motifs is 1. The lowest BCUT2D eigenvalue weighted by atomic mass is 10.0. The van der Waals surface area contributed by atoms with E-state index in [2.05, 4.69) is 0 Å². The van der Waals surface area contributed by atoms with Gasteiger partial charge >= 0.3 is 17.6 Å². The zero-order chi connectivity index (χ0) is 24.1. The van der Waals surface area contributed by atoms with Gasteiger partial charge in [0.1, 0.15) is 22.6 Å². The molecule has 0 aliphatic rings. The zero-order valence-corrected chi connectivity index (χ0v) is 18.7. The van der Waals surface area contributed by atoms with Crippen molar-refractivity contribution in [2.45, 2.75) is 13.8 Å². The third-order valence-corrected chi connectivity index (χ3v) is 5.03. The lowest BCUT2D eigenvalue weighted by Gasteiger charge is -2.09. The molecule has 0 unspecified atom stereocenters. The first-order valence-corrected chi connectivity index (χ1v) is 10.7. The highest BCUT2D eigenvalue weighted by molar-refractivity contribution is 5.93. The fraction of sp³-hybridized carbons (Fsp3) is 0.148. The maximum Gasteiger partial charge on any atom is 0.351 e. The second kappa shape index (κ2) is 10.0. The van der Waals surface area contributed by atoms with Crippen molar-refractivity contribution in [3.8, 4) is 22.6 Å². The molecule has 3 aromatic carbocycles. The molecule has 0 saturated heterocycles. The average Bonchev–Trinajstić information content (AvgIpc) is 2.83. The van der Waals surface area contributed by atoms with Crippen LogP contribution in [0.1, 0.15) is 22.8 Å². The van der Waals surface area contributed by atoms with E-state index < -0.39 is 17.6 Å². The summed E-state index contributed by atoms with van der Waals surface area (Å²) in [6.07, 6.45) is 0. The topological polar surface area (TPSA) is 92.0 Å². The van der Waals surface area contributed by atoms with Gasteiger partial charge in [0.25, 0.3) is 0 Å². The van der Waals surface area contributed by atoms with Crippen LogP contribution in [0.2, 0.25) is 0 Å². The molecule has 0 radical (unpaired) electrons. The number of ether oxygens (including phenoxy) is 3. The highest BCUT2D eigenvalue weighted by Crippen LogP contribution is 2.24.